The van der Waals surface area contributed by atoms with E-state index in [2.05, 4.69) is 5.32 Å². The summed E-state index contributed by atoms with van der Waals surface area (Å²) in [5, 5.41) is 11.3. The summed E-state index contributed by atoms with van der Waals surface area (Å²) >= 11 is -0.601. The van der Waals surface area contributed by atoms with Crippen LogP contribution >= 0.6 is 20.7 Å². The summed E-state index contributed by atoms with van der Waals surface area (Å²) in [5.74, 6) is -4.32. The fourth-order valence-electron chi connectivity index (χ4n) is 3.11. The molecule has 7 nitrogen and oxygen atoms in total. The van der Waals surface area contributed by atoms with E-state index in [1.165, 1.54) is 15.0 Å². The number of hydroxylamine groups is 1. The van der Waals surface area contributed by atoms with Gasteiger partial charge in [0.05, 0.1) is 30.2 Å². The highest BCUT2D eigenvalue weighted by molar-refractivity contribution is 14.2. The van der Waals surface area contributed by atoms with Gasteiger partial charge in [0.25, 0.3) is 5.91 Å². The van der Waals surface area contributed by atoms with E-state index < -0.39 is 49.8 Å². The van der Waals surface area contributed by atoms with Gasteiger partial charge in [0, 0.05) is 29.1 Å². The van der Waals surface area contributed by atoms with E-state index in [1.807, 2.05) is 5.48 Å². The van der Waals surface area contributed by atoms with Crippen LogP contribution in [-0.2, 0) is 16.2 Å². The van der Waals surface area contributed by atoms with Gasteiger partial charge < -0.3 is 15.3 Å². The van der Waals surface area contributed by atoms with Crippen LogP contribution in [0.1, 0.15) is 35.2 Å². The Balaban J connectivity index is 1.98. The lowest BCUT2D eigenvalue weighted by Gasteiger charge is -2.27. The summed E-state index contributed by atoms with van der Waals surface area (Å²) in [7, 11) is 0. The van der Waals surface area contributed by atoms with E-state index in [1.54, 1.807) is 4.08 Å². The zero-order chi connectivity index (χ0) is 22.4. The molecule has 0 aromatic heterocycles. The number of amides is 2. The van der Waals surface area contributed by atoms with Crippen molar-refractivity contribution in [2.75, 3.05) is 25.1 Å². The summed E-state index contributed by atoms with van der Waals surface area (Å²) < 4.78 is 47.1. The van der Waals surface area contributed by atoms with Crippen LogP contribution in [0.3, 0.4) is 0 Å². The van der Waals surface area contributed by atoms with Crippen molar-refractivity contribution in [1.82, 2.24) is 10.4 Å². The molecule has 0 saturated carbocycles. The lowest BCUT2D eigenvalue weighted by atomic mass is 10.0. The normalized spacial score (nSPS) is 16.4. The summed E-state index contributed by atoms with van der Waals surface area (Å²) in [6, 6.07) is 1.11. The highest BCUT2D eigenvalue weighted by Gasteiger charge is 2.26. The number of hydrogen-bond donors (Lipinski definition) is 3. The standard InChI is InChI=1S/C20H21F3IN3O4/c21-14-10-24-5-4-15(14)25-19-13(20(30)26-31-8-7-28)9-12(17(22)18(19)23)11-27-6-2-1-3-16(27)29/h4-5,9-10,25,28H,1-3,6-8,11H2,(H,26,30). The van der Waals surface area contributed by atoms with E-state index in [4.69, 9.17) is 9.94 Å². The third kappa shape index (κ3) is 5.71. The molecule has 31 heavy (non-hydrogen) atoms. The van der Waals surface area contributed by atoms with Crippen LogP contribution in [0.2, 0.25) is 0 Å². The van der Waals surface area contributed by atoms with Gasteiger partial charge in [-0.2, -0.15) is 0 Å². The number of nitrogens with one attached hydrogen (secondary N) is 2. The van der Waals surface area contributed by atoms with Crippen LogP contribution in [0.5, 0.6) is 0 Å². The average molecular weight is 551 g/mol. The third-order valence-corrected chi connectivity index (χ3v) is 6.33. The molecule has 11 heteroatoms. The van der Waals surface area contributed by atoms with E-state index in [0.717, 1.165) is 18.9 Å². The van der Waals surface area contributed by atoms with Crippen molar-refractivity contribution in [3.63, 3.8) is 0 Å². The minimum atomic E-state index is -1.37. The molecule has 0 bridgehead atoms. The molecule has 2 amide bonds. The Bertz CT molecular complexity index is 965. The van der Waals surface area contributed by atoms with Gasteiger partial charge in [-0.1, -0.05) is 20.7 Å². The molecular formula is C20H21F3IN3O4. The quantitative estimate of drug-likeness (QED) is 0.263. The van der Waals surface area contributed by atoms with Crippen LogP contribution in [0.15, 0.2) is 27.7 Å². The number of allylic oxidation sites excluding steroid dienone is 2. The predicted octanol–water partition coefficient (Wildman–Crippen LogP) is 3.02. The minimum absolute atomic E-state index is 0.103. The first-order chi connectivity index (χ1) is 14.9. The molecule has 2 aliphatic heterocycles. The zero-order valence-electron chi connectivity index (χ0n) is 16.4. The van der Waals surface area contributed by atoms with E-state index in [9.17, 15) is 18.4 Å². The molecule has 0 aliphatic carbocycles. The van der Waals surface area contributed by atoms with Crippen molar-refractivity contribution in [1.29, 1.82) is 0 Å². The number of likely N-dealkylation sites (tertiary alicyclic amines) is 1. The first kappa shape index (κ1) is 23.4. The fraction of sp³-hybridized carbons (Fsp3) is 0.350. The number of piperidine rings is 1. The first-order valence-corrected chi connectivity index (χ1v) is 12.0. The van der Waals surface area contributed by atoms with Gasteiger partial charge in [-0.15, -0.1) is 0 Å². The Hall–Kier alpha value is -2.25. The third-order valence-electron chi connectivity index (χ3n) is 4.65. The van der Waals surface area contributed by atoms with Crippen LogP contribution in [0.25, 0.3) is 0 Å². The monoisotopic (exact) mass is 551 g/mol. The maximum Gasteiger partial charge on any atom is 0.277 e. The number of carbonyl (C=O) groups excluding carboxylic acids is 2. The number of anilines is 1. The fourth-order valence-corrected chi connectivity index (χ4v) is 4.54. The molecule has 0 spiro atoms. The van der Waals surface area contributed by atoms with Crippen LogP contribution in [-0.4, -0.2) is 45.6 Å². The van der Waals surface area contributed by atoms with E-state index in [-0.39, 0.29) is 42.5 Å². The number of halogens is 4. The number of aliphatic hydroxyl groups is 1. The molecule has 3 rings (SSSR count). The summed E-state index contributed by atoms with van der Waals surface area (Å²) in [6.45, 7) is -0.376. The minimum Gasteiger partial charge on any atom is -0.394 e. The molecule has 1 fully saturated rings. The van der Waals surface area contributed by atoms with Gasteiger partial charge >= 0.3 is 0 Å². The smallest absolute Gasteiger partial charge is 0.277 e. The van der Waals surface area contributed by atoms with Crippen LogP contribution in [0, 0.1) is 11.6 Å². The number of hydrogen-bond acceptors (Lipinski definition) is 5. The van der Waals surface area contributed by atoms with Crippen molar-refractivity contribution < 1.29 is 32.7 Å². The molecule has 168 valence electrons. The molecule has 0 atom stereocenters. The number of rotatable bonds is 8. The Morgan fingerprint density at radius 1 is 1.26 bits per heavy atom. The molecule has 3 N–H and O–H groups in total. The van der Waals surface area contributed by atoms with Crippen LogP contribution in [0.4, 0.5) is 18.9 Å². The van der Waals surface area contributed by atoms with Gasteiger partial charge in [0.1, 0.15) is 0 Å². The Kier molecular flexibility index (Phi) is 8.21. The second kappa shape index (κ2) is 10.9. The maximum absolute atomic E-state index is 15.0. The molecule has 0 radical (unpaired) electrons. The maximum atomic E-state index is 15.0. The number of aliphatic hydroxyl groups excluding tert-OH is 1. The SMILES string of the molecule is O=C(NOCCO)c1cc(CN2CCCCC2=O)c(F)c(F)c1NC1=C(F)C=IC=C1. The molecule has 1 aromatic carbocycles. The molecule has 2 aliphatic rings. The van der Waals surface area contributed by atoms with E-state index >= 15 is 4.39 Å². The topological polar surface area (TPSA) is 90.9 Å². The van der Waals surface area contributed by atoms with Crippen molar-refractivity contribution in [2.24, 2.45) is 0 Å². The van der Waals surface area contributed by atoms with Gasteiger partial charge in [-0.3, -0.25) is 14.4 Å². The van der Waals surface area contributed by atoms with Gasteiger partial charge in [0.15, 0.2) is 17.5 Å². The highest BCUT2D eigenvalue weighted by atomic mass is 127. The second-order valence-corrected chi connectivity index (χ2v) is 8.84. The number of carbonyl (C=O) groups is 2. The van der Waals surface area contributed by atoms with Crippen molar-refractivity contribution >= 4 is 42.2 Å². The lowest BCUT2D eigenvalue weighted by molar-refractivity contribution is -0.133. The van der Waals surface area contributed by atoms with Crippen molar-refractivity contribution in [2.45, 2.75) is 25.8 Å². The van der Waals surface area contributed by atoms with Gasteiger partial charge in [0.2, 0.25) is 5.91 Å². The Morgan fingerprint density at radius 3 is 2.77 bits per heavy atom. The highest BCUT2D eigenvalue weighted by Crippen LogP contribution is 2.30. The number of benzene rings is 1. The van der Waals surface area contributed by atoms with Crippen molar-refractivity contribution in [3.8, 4) is 0 Å². The molecular weight excluding hydrogens is 530 g/mol. The second-order valence-electron chi connectivity index (χ2n) is 6.78. The lowest BCUT2D eigenvalue weighted by Crippen LogP contribution is -2.35. The van der Waals surface area contributed by atoms with Gasteiger partial charge in [-0.25, -0.2) is 18.7 Å². The molecule has 1 saturated heterocycles. The van der Waals surface area contributed by atoms with Crippen LogP contribution < -0.4 is 10.8 Å². The first-order valence-electron chi connectivity index (χ1n) is 9.52. The molecule has 2 heterocycles. The Morgan fingerprint density at radius 2 is 2.06 bits per heavy atom. The molecule has 0 unspecified atom stereocenters. The summed E-state index contributed by atoms with van der Waals surface area (Å²) in [5.41, 5.74) is 0.865. The predicted molar refractivity (Wildman–Crippen MR) is 117 cm³/mol. The largest absolute Gasteiger partial charge is 0.394 e. The Labute approximate surface area is 186 Å². The van der Waals surface area contributed by atoms with Crippen molar-refractivity contribution in [3.05, 3.63) is 50.5 Å². The van der Waals surface area contributed by atoms with E-state index in [0.29, 0.717) is 13.0 Å². The van der Waals surface area contributed by atoms with Gasteiger partial charge in [-0.05, 0) is 29.1 Å². The number of nitrogens with zero attached hydrogens (tertiary/aromatic N) is 1. The summed E-state index contributed by atoms with van der Waals surface area (Å²) in [4.78, 5) is 30.8. The average Bonchev–Trinajstić information content (AvgIpc) is 2.76. The zero-order valence-corrected chi connectivity index (χ0v) is 18.5. The summed E-state index contributed by atoms with van der Waals surface area (Å²) in [6.07, 6.45) is 3.21. The molecule has 1 aromatic rings.